The van der Waals surface area contributed by atoms with E-state index in [9.17, 15) is 0 Å². The topological polar surface area (TPSA) is 77.8 Å². The van der Waals surface area contributed by atoms with Gasteiger partial charge in [-0.25, -0.2) is 0 Å². The van der Waals surface area contributed by atoms with Crippen LogP contribution in [0.15, 0.2) is 21.4 Å². The van der Waals surface area contributed by atoms with E-state index in [0.717, 1.165) is 110 Å². The van der Waals surface area contributed by atoms with Gasteiger partial charge in [-0.05, 0) is 0 Å². The zero-order valence-corrected chi connectivity index (χ0v) is 67.0. The van der Waals surface area contributed by atoms with Crippen molar-refractivity contribution in [3.05, 3.63) is 46.0 Å². The molecule has 0 N–H and O–H groups in total. The number of hydrogen-bond acceptors (Lipinski definition) is 6. The van der Waals surface area contributed by atoms with Crippen molar-refractivity contribution in [3.63, 3.8) is 0 Å². The maximum atomic E-state index is 20.3. The van der Waals surface area contributed by atoms with Crippen LogP contribution in [0.1, 0.15) is 384 Å². The van der Waals surface area contributed by atoms with Gasteiger partial charge in [0.25, 0.3) is 0 Å². The molecule has 0 unspecified atom stereocenters. The smallest absolute Gasteiger partial charge is 0.0654 e. The summed E-state index contributed by atoms with van der Waals surface area (Å²) in [5.41, 5.74) is 7.18. The van der Waals surface area contributed by atoms with E-state index in [-0.39, 0.29) is 11.6 Å². The van der Waals surface area contributed by atoms with Crippen LogP contribution in [-0.2, 0) is 10.8 Å². The summed E-state index contributed by atoms with van der Waals surface area (Å²) in [4.78, 5) is 14.7. The molecule has 0 fully saturated rings. The summed E-state index contributed by atoms with van der Waals surface area (Å²) in [5.74, 6) is -0.445. The predicted molar refractivity (Wildman–Crippen MR) is 398 cm³/mol. The molecule has 2 aromatic heterocycles. The first-order valence-electron chi connectivity index (χ1n) is 39.9. The van der Waals surface area contributed by atoms with E-state index in [2.05, 4.69) is 69.5 Å². The molecule has 6 nitrogen and oxygen atoms in total. The molecule has 0 spiro atoms. The van der Waals surface area contributed by atoms with Crippen molar-refractivity contribution in [2.45, 2.75) is 402 Å². The summed E-state index contributed by atoms with van der Waals surface area (Å²) < 4.78 is 54.9. The van der Waals surface area contributed by atoms with E-state index in [1.54, 1.807) is 0 Å². The minimum absolute atomic E-state index is 0.222. The maximum absolute atomic E-state index is 20.3. The van der Waals surface area contributed by atoms with Crippen molar-refractivity contribution in [1.29, 1.82) is 0 Å². The molecule has 0 aliphatic heterocycles. The van der Waals surface area contributed by atoms with Gasteiger partial charge >= 0.3 is 419 Å². The van der Waals surface area contributed by atoms with Crippen molar-refractivity contribution in [2.24, 2.45) is 0 Å². The Bertz CT molecular complexity index is 2640. The molecule has 2 heterocycles. The number of unbranched alkanes of at least 4 members (excludes halogenated alkanes) is 44. The van der Waals surface area contributed by atoms with Crippen LogP contribution in [0, 0.1) is 11.6 Å². The fraction of sp³-hybridized carbons (Fsp3) is 0.780. The number of aromatic nitrogens is 4. The van der Waals surface area contributed by atoms with Crippen LogP contribution in [-0.4, -0.2) is 57.4 Å². The molecule has 92 heavy (non-hydrogen) atoms. The quantitative estimate of drug-likeness (QED) is 0.0285. The van der Waals surface area contributed by atoms with Crippen molar-refractivity contribution in [1.82, 2.24) is 20.6 Å². The fourth-order valence-corrected chi connectivity index (χ4v) is 25.3. The number of halogens is 2. The summed E-state index contributed by atoms with van der Waals surface area (Å²) in [6, 6.07) is 4.87. The molecule has 5 aromatic rings. The van der Waals surface area contributed by atoms with Crippen molar-refractivity contribution >= 4 is 66.0 Å². The van der Waals surface area contributed by atoms with Gasteiger partial charge in [-0.3, -0.25) is 0 Å². The van der Waals surface area contributed by atoms with E-state index < -0.39 is 47.6 Å². The van der Waals surface area contributed by atoms with Gasteiger partial charge in [0.2, 0.25) is 0 Å². The van der Waals surface area contributed by atoms with E-state index in [4.69, 9.17) is 29.9 Å². The molecule has 10 heteroatoms. The van der Waals surface area contributed by atoms with E-state index >= 15 is 8.78 Å². The van der Waals surface area contributed by atoms with Crippen molar-refractivity contribution in [3.8, 4) is 22.3 Å². The number of nitrogens with zero attached hydrogens (tertiary/aromatic N) is 4. The first-order chi connectivity index (χ1) is 44.7. The Balaban J connectivity index is 1.32. The number of rotatable bonds is 54. The normalized spacial score (nSPS) is 14.1. The van der Waals surface area contributed by atoms with Crippen LogP contribution >= 0.6 is 0 Å². The molecule has 2 aliphatic rings. The Hall–Kier alpha value is -2.08. The second-order valence-electron chi connectivity index (χ2n) is 32.0. The molecule has 0 atom stereocenters. The Morgan fingerprint density at radius 3 is 0.685 bits per heavy atom. The first-order valence-corrected chi connectivity index (χ1v) is 59.9. The van der Waals surface area contributed by atoms with Gasteiger partial charge in [-0.1, -0.05) is 156 Å². The minimum atomic E-state index is -3.03. The Morgan fingerprint density at radius 1 is 0.283 bits per heavy atom. The SMILES string of the molecule is CCCCCCCCCCCCCCC1(CCCCCCCCCCCCCC)c2c[c]([Sn]([CH3])([CH3])[CH3])c3nonc3c2-c2c(F)c3c(c(F)c21)-c1c(c[c]([Sn]([CH3])([CH3])[CH3])c2nonc12)C3(CCCCCCCCCCCCCC)CCCCCCCCCCCCCC. The van der Waals surface area contributed by atoms with E-state index in [0.29, 0.717) is 33.3 Å². The zero-order chi connectivity index (χ0) is 65.7. The van der Waals surface area contributed by atoms with Gasteiger partial charge in [-0.15, -0.1) is 0 Å². The third-order valence-electron chi connectivity index (χ3n) is 22.4. The average molecular weight is 1490 g/mol. The van der Waals surface area contributed by atoms with E-state index in [1.807, 2.05) is 0 Å². The number of hydrogen-bond donors (Lipinski definition) is 0. The molecule has 0 saturated carbocycles. The van der Waals surface area contributed by atoms with Gasteiger partial charge < -0.3 is 0 Å². The minimum Gasteiger partial charge on any atom is -0.0654 e. The number of fused-ring (bicyclic) bond motifs is 10. The third kappa shape index (κ3) is 21.0. The molecular weight excluding hydrogens is 1350 g/mol. The molecule has 0 saturated heterocycles. The number of benzene rings is 3. The first kappa shape index (κ1) is 77.3. The Labute approximate surface area is 570 Å². The van der Waals surface area contributed by atoms with Crippen LogP contribution in [0.5, 0.6) is 0 Å². The van der Waals surface area contributed by atoms with Crippen LogP contribution in [0.3, 0.4) is 0 Å². The Morgan fingerprint density at radius 2 is 0.478 bits per heavy atom. The van der Waals surface area contributed by atoms with Crippen LogP contribution in [0.25, 0.3) is 44.3 Å². The summed E-state index contributed by atoms with van der Waals surface area (Å²) in [6.45, 7) is 9.19. The van der Waals surface area contributed by atoms with Gasteiger partial charge in [0.15, 0.2) is 0 Å². The van der Waals surface area contributed by atoms with Crippen molar-refractivity contribution < 1.29 is 18.0 Å². The fourth-order valence-electron chi connectivity index (χ4n) is 17.0. The molecule has 3 aromatic carbocycles. The molecule has 0 amide bonds. The van der Waals surface area contributed by atoms with Gasteiger partial charge in [-0.2, -0.15) is 0 Å². The predicted octanol–water partition coefficient (Wildman–Crippen LogP) is 27.0. The third-order valence-corrected chi connectivity index (χ3v) is 33.8. The monoisotopic (exact) mass is 1490 g/mol. The van der Waals surface area contributed by atoms with Gasteiger partial charge in [0.1, 0.15) is 0 Å². The average Bonchev–Trinajstić information content (AvgIpc) is 1.50. The molecular formula is C82H136F2N4O2Sn2. The zero-order valence-electron chi connectivity index (χ0n) is 61.3. The van der Waals surface area contributed by atoms with Crippen molar-refractivity contribution in [2.75, 3.05) is 0 Å². The van der Waals surface area contributed by atoms with E-state index in [1.165, 1.54) is 264 Å². The second-order valence-corrected chi connectivity index (χ2v) is 60.7. The molecule has 0 bridgehead atoms. The second kappa shape index (κ2) is 40.7. The summed E-state index contributed by atoms with van der Waals surface area (Å²) in [5, 5.41) is 19.1. The summed E-state index contributed by atoms with van der Waals surface area (Å²) >= 11 is -6.07. The van der Waals surface area contributed by atoms with Crippen LogP contribution < -0.4 is 7.16 Å². The molecule has 7 rings (SSSR count). The molecule has 0 radical (unpaired) electrons. The Kier molecular flexibility index (Phi) is 34.2. The standard InChI is InChI=1S/C76H118F2N4O2.6CH3.2Sn/c1-5-9-13-17-21-25-29-33-37-41-45-49-57-75(58-50-46-42-38-34-30-26-22-18-14-10-6-2)61-53-55-63-73(81-83-79-63)65(61)67-69(75)71(77)68-66-62(54-56-64-74(66)82-84-80-64)76(70(68)72(67)78,59-51-47-43-39-35-31-27-23-19-15-11-7-3)60-52-48-44-40-36-32-28-24-20-16-12-8-4;;;;;;;;/h53-54H,5-52,57-60H2,1-4H3;6*1H3;;. The summed E-state index contributed by atoms with van der Waals surface area (Å²) in [7, 11) is 0. The molecule has 2 aliphatic carbocycles. The van der Waals surface area contributed by atoms with Crippen LogP contribution in [0.2, 0.25) is 29.6 Å². The van der Waals surface area contributed by atoms with Gasteiger partial charge in [0, 0.05) is 0 Å². The van der Waals surface area contributed by atoms with Crippen LogP contribution in [0.4, 0.5) is 8.78 Å². The molecule has 518 valence electrons. The summed E-state index contributed by atoms with van der Waals surface area (Å²) in [6.07, 6.45) is 63.6. The van der Waals surface area contributed by atoms with Gasteiger partial charge in [0.05, 0.1) is 0 Å².